The minimum Gasteiger partial charge on any atom is -0.472 e. The summed E-state index contributed by atoms with van der Waals surface area (Å²) in [7, 11) is 2.76. The van der Waals surface area contributed by atoms with Crippen molar-refractivity contribution >= 4 is 17.9 Å². The minimum absolute atomic E-state index is 0.182. The Kier molecular flexibility index (Phi) is 5.56. The lowest BCUT2D eigenvalue weighted by Gasteiger charge is -2.71. The average Bonchev–Trinajstić information content (AvgIpc) is 3.47. The summed E-state index contributed by atoms with van der Waals surface area (Å²) in [6.45, 7) is 10.4. The summed E-state index contributed by atoms with van der Waals surface area (Å²) in [4.78, 5) is 40.0. The van der Waals surface area contributed by atoms with E-state index in [0.29, 0.717) is 19.3 Å². The van der Waals surface area contributed by atoms with Gasteiger partial charge in [-0.3, -0.25) is 9.59 Å². The molecule has 5 fully saturated rings. The molecule has 0 amide bonds. The van der Waals surface area contributed by atoms with Crippen molar-refractivity contribution < 1.29 is 42.9 Å². The third-order valence-electron chi connectivity index (χ3n) is 12.5. The number of epoxide rings is 1. The fraction of sp³-hybridized carbons (Fsp3) is 0.767. The Morgan fingerprint density at radius 2 is 1.64 bits per heavy atom. The van der Waals surface area contributed by atoms with Gasteiger partial charge in [0.2, 0.25) is 0 Å². The van der Waals surface area contributed by atoms with Crippen LogP contribution in [-0.4, -0.2) is 55.0 Å². The molecule has 0 unspecified atom stereocenters. The molecule has 0 radical (unpaired) electrons. The van der Waals surface area contributed by atoms with Gasteiger partial charge < -0.3 is 28.5 Å². The zero-order chi connectivity index (χ0) is 28.3. The van der Waals surface area contributed by atoms with Crippen molar-refractivity contribution in [3.05, 3.63) is 24.2 Å². The molecule has 0 aromatic carbocycles. The van der Waals surface area contributed by atoms with E-state index in [1.165, 1.54) is 14.2 Å². The standard InChI is InChI=1S/C30H40O9/c1-26(2)16(23(32)35-6)13-20(31)28(4)18-8-10-27(3)21(15-9-11-37-14-15)38-25(34)22-30(27,39-22)29(18,5)17(12-19(26)28)24(33)36-7/h9,11,14,16-22,31H,8,10,12-13H2,1-7H3/t16-,17-,18+,19+,20-,21-,22-,27-,28+,29+,30-/m0/s1. The molecule has 5 aliphatic rings. The van der Waals surface area contributed by atoms with Crippen molar-refractivity contribution in [2.75, 3.05) is 14.2 Å². The molecule has 9 heteroatoms. The van der Waals surface area contributed by atoms with E-state index in [2.05, 4.69) is 34.6 Å². The predicted molar refractivity (Wildman–Crippen MR) is 136 cm³/mol. The molecule has 1 spiro atoms. The molecule has 11 atom stereocenters. The molecule has 39 heavy (non-hydrogen) atoms. The number of methoxy groups -OCH3 is 2. The van der Waals surface area contributed by atoms with E-state index in [-0.39, 0.29) is 30.2 Å². The molecular weight excluding hydrogens is 504 g/mol. The summed E-state index contributed by atoms with van der Waals surface area (Å²) in [5.41, 5.74) is -2.92. The van der Waals surface area contributed by atoms with Gasteiger partial charge in [0.1, 0.15) is 11.7 Å². The Bertz CT molecular complexity index is 1210. The van der Waals surface area contributed by atoms with Crippen molar-refractivity contribution in [2.24, 2.45) is 45.3 Å². The number of aliphatic hydroxyl groups excluding tert-OH is 1. The second-order valence-electron chi connectivity index (χ2n) is 13.8. The Morgan fingerprint density at radius 3 is 2.26 bits per heavy atom. The van der Waals surface area contributed by atoms with Crippen LogP contribution in [0, 0.1) is 45.3 Å². The van der Waals surface area contributed by atoms with Crippen LogP contribution < -0.4 is 0 Å². The Hall–Kier alpha value is -2.39. The van der Waals surface area contributed by atoms with E-state index >= 15 is 0 Å². The van der Waals surface area contributed by atoms with Gasteiger partial charge in [0.05, 0.1) is 44.7 Å². The van der Waals surface area contributed by atoms with E-state index in [9.17, 15) is 19.5 Å². The molecule has 2 saturated heterocycles. The number of carbonyl (C=O) groups excluding carboxylic acids is 3. The average molecular weight is 545 g/mol. The Balaban J connectivity index is 1.54. The first kappa shape index (κ1) is 26.8. The van der Waals surface area contributed by atoms with Gasteiger partial charge in [0, 0.05) is 21.8 Å². The molecule has 3 heterocycles. The molecule has 6 rings (SSSR count). The number of rotatable bonds is 3. The topological polar surface area (TPSA) is 125 Å². The molecule has 1 N–H and O–H groups in total. The molecular formula is C30H40O9. The van der Waals surface area contributed by atoms with Gasteiger partial charge in [0.25, 0.3) is 0 Å². The zero-order valence-corrected chi connectivity index (χ0v) is 23.8. The number of fused-ring (bicyclic) bond motifs is 3. The maximum Gasteiger partial charge on any atom is 0.339 e. The van der Waals surface area contributed by atoms with Gasteiger partial charge >= 0.3 is 17.9 Å². The van der Waals surface area contributed by atoms with Crippen LogP contribution in [0.2, 0.25) is 0 Å². The summed E-state index contributed by atoms with van der Waals surface area (Å²) in [5.74, 6) is -2.64. The van der Waals surface area contributed by atoms with Crippen LogP contribution >= 0.6 is 0 Å². The summed E-state index contributed by atoms with van der Waals surface area (Å²) < 4.78 is 28.5. The molecule has 3 saturated carbocycles. The number of cyclic esters (lactones) is 1. The second kappa shape index (κ2) is 8.09. The van der Waals surface area contributed by atoms with Crippen molar-refractivity contribution in [3.63, 3.8) is 0 Å². The van der Waals surface area contributed by atoms with Gasteiger partial charge in [0.15, 0.2) is 6.10 Å². The van der Waals surface area contributed by atoms with Gasteiger partial charge in [-0.2, -0.15) is 0 Å². The van der Waals surface area contributed by atoms with Crippen molar-refractivity contribution in [1.29, 1.82) is 0 Å². The highest BCUT2D eigenvalue weighted by molar-refractivity contribution is 5.84. The number of esters is 3. The van der Waals surface area contributed by atoms with E-state index in [1.54, 1.807) is 12.5 Å². The first-order valence-corrected chi connectivity index (χ1v) is 14.0. The normalized spacial score (nSPS) is 49.3. The number of hydrogen-bond acceptors (Lipinski definition) is 9. The third kappa shape index (κ3) is 2.91. The van der Waals surface area contributed by atoms with E-state index in [4.69, 9.17) is 23.4 Å². The van der Waals surface area contributed by atoms with Crippen LogP contribution in [0.1, 0.15) is 72.0 Å². The van der Waals surface area contributed by atoms with Gasteiger partial charge in [-0.25, -0.2) is 4.79 Å². The quantitative estimate of drug-likeness (QED) is 0.343. The number of hydrogen-bond donors (Lipinski definition) is 1. The summed E-state index contributed by atoms with van der Waals surface area (Å²) >= 11 is 0. The maximum absolute atomic E-state index is 13.7. The van der Waals surface area contributed by atoms with Crippen molar-refractivity contribution in [3.8, 4) is 0 Å². The van der Waals surface area contributed by atoms with Crippen molar-refractivity contribution in [1.82, 2.24) is 0 Å². The van der Waals surface area contributed by atoms with E-state index in [0.717, 1.165) is 5.56 Å². The highest BCUT2D eigenvalue weighted by Gasteiger charge is 2.89. The number of aliphatic hydroxyl groups is 1. The first-order valence-electron chi connectivity index (χ1n) is 14.0. The van der Waals surface area contributed by atoms with Gasteiger partial charge in [-0.1, -0.05) is 34.6 Å². The Labute approximate surface area is 228 Å². The molecule has 3 aliphatic carbocycles. The summed E-state index contributed by atoms with van der Waals surface area (Å²) in [6.07, 6.45) is 2.98. The molecule has 1 aromatic heterocycles. The lowest BCUT2D eigenvalue weighted by atomic mass is 9.32. The monoisotopic (exact) mass is 544 g/mol. The maximum atomic E-state index is 13.7. The summed E-state index contributed by atoms with van der Waals surface area (Å²) in [6, 6.07) is 1.81. The van der Waals surface area contributed by atoms with E-state index < -0.39 is 63.4 Å². The first-order chi connectivity index (χ1) is 18.3. The molecule has 9 nitrogen and oxygen atoms in total. The number of furan rings is 1. The second-order valence-corrected chi connectivity index (χ2v) is 13.8. The van der Waals surface area contributed by atoms with Crippen LogP contribution in [0.3, 0.4) is 0 Å². The zero-order valence-electron chi connectivity index (χ0n) is 23.8. The van der Waals surface area contributed by atoms with Crippen molar-refractivity contribution in [2.45, 2.75) is 84.2 Å². The highest BCUT2D eigenvalue weighted by atomic mass is 16.7. The number of ether oxygens (including phenoxy) is 4. The van der Waals surface area contributed by atoms with Crippen LogP contribution in [-0.2, 0) is 33.3 Å². The minimum atomic E-state index is -0.990. The highest BCUT2D eigenvalue weighted by Crippen LogP contribution is 2.81. The Morgan fingerprint density at radius 1 is 0.974 bits per heavy atom. The molecule has 0 bridgehead atoms. The predicted octanol–water partition coefficient (Wildman–Crippen LogP) is 3.83. The van der Waals surface area contributed by atoms with Crippen LogP contribution in [0.4, 0.5) is 0 Å². The third-order valence-corrected chi connectivity index (χ3v) is 12.5. The molecule has 214 valence electrons. The van der Waals surface area contributed by atoms with Crippen LogP contribution in [0.25, 0.3) is 0 Å². The lowest BCUT2D eigenvalue weighted by molar-refractivity contribution is -0.277. The van der Waals surface area contributed by atoms with E-state index in [1.807, 2.05) is 6.07 Å². The van der Waals surface area contributed by atoms with Crippen LogP contribution in [0.5, 0.6) is 0 Å². The fourth-order valence-corrected chi connectivity index (χ4v) is 10.6. The molecule has 1 aromatic rings. The smallest absolute Gasteiger partial charge is 0.339 e. The molecule has 2 aliphatic heterocycles. The van der Waals surface area contributed by atoms with Gasteiger partial charge in [-0.15, -0.1) is 0 Å². The number of carbonyl (C=O) groups is 3. The summed E-state index contributed by atoms with van der Waals surface area (Å²) in [5, 5.41) is 11.9. The largest absolute Gasteiger partial charge is 0.472 e. The van der Waals surface area contributed by atoms with Gasteiger partial charge in [-0.05, 0) is 49.0 Å². The fourth-order valence-electron chi connectivity index (χ4n) is 10.6. The lowest BCUT2D eigenvalue weighted by Crippen LogP contribution is -2.74. The van der Waals surface area contributed by atoms with Crippen LogP contribution in [0.15, 0.2) is 23.0 Å². The SMILES string of the molecule is COC(=O)[C@@H]1C[C@H](O)[C@@]2(C)[C@H](C[C@@H](C(=O)OC)[C@]3(C)[C@@H]2CC[C@@]2(C)[C@H](c4ccoc4)OC(=O)[C@@H]4O[C@]432)C1(C)C.